The second-order valence-corrected chi connectivity index (χ2v) is 8.07. The van der Waals surface area contributed by atoms with Gasteiger partial charge in [-0.05, 0) is 57.2 Å². The van der Waals surface area contributed by atoms with Gasteiger partial charge < -0.3 is 14.2 Å². The Bertz CT molecular complexity index is 678. The highest BCUT2D eigenvalue weighted by molar-refractivity contribution is 5.90. The van der Waals surface area contributed by atoms with Gasteiger partial charge in [0.25, 0.3) is 0 Å². The lowest BCUT2D eigenvalue weighted by Crippen LogP contribution is -2.41. The quantitative estimate of drug-likeness (QED) is 0.706. The zero-order chi connectivity index (χ0) is 20.2. The lowest BCUT2D eigenvalue weighted by Gasteiger charge is -2.32. The van der Waals surface area contributed by atoms with Crippen LogP contribution >= 0.6 is 0 Å². The summed E-state index contributed by atoms with van der Waals surface area (Å²) in [4.78, 5) is 26.1. The van der Waals surface area contributed by atoms with Gasteiger partial charge in [0.05, 0.1) is 25.3 Å². The monoisotopic (exact) mass is 377 g/mol. The van der Waals surface area contributed by atoms with Crippen LogP contribution in [0.5, 0.6) is 5.75 Å². The van der Waals surface area contributed by atoms with E-state index in [2.05, 4.69) is 13.8 Å². The van der Waals surface area contributed by atoms with E-state index in [0.29, 0.717) is 37.6 Å². The highest BCUT2D eigenvalue weighted by Crippen LogP contribution is 2.38. The lowest BCUT2D eigenvalue weighted by atomic mass is 9.85. The van der Waals surface area contributed by atoms with Crippen molar-refractivity contribution in [1.29, 1.82) is 0 Å². The van der Waals surface area contributed by atoms with Crippen molar-refractivity contribution >= 4 is 17.7 Å². The van der Waals surface area contributed by atoms with Crippen LogP contribution in [-0.4, -0.2) is 37.4 Å². The molecule has 1 amide bonds. The summed E-state index contributed by atoms with van der Waals surface area (Å²) in [6.07, 6.45) is -0.0631. The van der Waals surface area contributed by atoms with E-state index < -0.39 is 5.60 Å². The first-order chi connectivity index (χ1) is 12.6. The minimum Gasteiger partial charge on any atom is -0.490 e. The summed E-state index contributed by atoms with van der Waals surface area (Å²) in [6, 6.07) is 5.75. The number of amides is 1. The molecule has 1 aromatic carbocycles. The minimum atomic E-state index is -0.558. The standard InChI is InChI=1S/C21H31NO5/c1-7-25-19(23)13-16(14(2)3)15-8-9-17-18(12-15)26-11-10-22(17)20(24)27-21(4,5)6/h8-9,12,14,16H,7,10-11,13H2,1-6H3. The molecule has 0 N–H and O–H groups in total. The summed E-state index contributed by atoms with van der Waals surface area (Å²) in [5.41, 5.74) is 1.14. The first-order valence-electron chi connectivity index (χ1n) is 9.55. The number of rotatable bonds is 5. The van der Waals surface area contributed by atoms with Crippen molar-refractivity contribution in [3.05, 3.63) is 23.8 Å². The van der Waals surface area contributed by atoms with Gasteiger partial charge in [-0.3, -0.25) is 9.69 Å². The molecule has 0 spiro atoms. The SMILES string of the molecule is CCOC(=O)CC(c1ccc2c(c1)OCCN2C(=O)OC(C)(C)C)C(C)C. The number of esters is 1. The Balaban J connectivity index is 2.26. The van der Waals surface area contributed by atoms with Crippen LogP contribution < -0.4 is 9.64 Å². The largest absolute Gasteiger partial charge is 0.490 e. The number of benzene rings is 1. The third kappa shape index (κ3) is 5.62. The Labute approximate surface area is 161 Å². The van der Waals surface area contributed by atoms with Crippen molar-refractivity contribution in [2.24, 2.45) is 5.92 Å². The van der Waals surface area contributed by atoms with Gasteiger partial charge in [-0.15, -0.1) is 0 Å². The molecule has 0 bridgehead atoms. The zero-order valence-electron chi connectivity index (χ0n) is 17.2. The Kier molecular flexibility index (Phi) is 6.73. The number of fused-ring (bicyclic) bond motifs is 1. The number of nitrogens with zero attached hydrogens (tertiary/aromatic N) is 1. The van der Waals surface area contributed by atoms with Crippen molar-refractivity contribution in [1.82, 2.24) is 0 Å². The molecule has 1 atom stereocenters. The maximum absolute atomic E-state index is 12.5. The molecule has 0 aromatic heterocycles. The Hall–Kier alpha value is -2.24. The van der Waals surface area contributed by atoms with E-state index in [-0.39, 0.29) is 23.9 Å². The van der Waals surface area contributed by atoms with Crippen LogP contribution in [0.25, 0.3) is 0 Å². The normalized spacial score (nSPS) is 15.0. The van der Waals surface area contributed by atoms with E-state index in [1.54, 1.807) is 11.8 Å². The van der Waals surface area contributed by atoms with E-state index in [0.717, 1.165) is 5.56 Å². The summed E-state index contributed by atoms with van der Waals surface area (Å²) < 4.78 is 16.4. The van der Waals surface area contributed by atoms with E-state index in [4.69, 9.17) is 14.2 Å². The molecule has 6 nitrogen and oxygen atoms in total. The molecule has 1 aliphatic rings. The third-order valence-electron chi connectivity index (χ3n) is 4.39. The van der Waals surface area contributed by atoms with Crippen LogP contribution in [0, 0.1) is 5.92 Å². The van der Waals surface area contributed by atoms with Crippen molar-refractivity contribution in [3.63, 3.8) is 0 Å². The predicted octanol–water partition coefficient (Wildman–Crippen LogP) is 4.51. The van der Waals surface area contributed by atoms with Crippen LogP contribution in [-0.2, 0) is 14.3 Å². The number of anilines is 1. The van der Waals surface area contributed by atoms with Gasteiger partial charge in [-0.1, -0.05) is 19.9 Å². The molecular formula is C21H31NO5. The molecule has 0 saturated heterocycles. The van der Waals surface area contributed by atoms with Gasteiger partial charge in [0.2, 0.25) is 0 Å². The van der Waals surface area contributed by atoms with Gasteiger partial charge in [0, 0.05) is 0 Å². The Morgan fingerprint density at radius 2 is 1.96 bits per heavy atom. The number of hydrogen-bond acceptors (Lipinski definition) is 5. The number of carbonyl (C=O) groups excluding carboxylic acids is 2. The van der Waals surface area contributed by atoms with E-state index in [9.17, 15) is 9.59 Å². The molecule has 150 valence electrons. The van der Waals surface area contributed by atoms with Crippen molar-refractivity contribution in [2.75, 3.05) is 24.7 Å². The maximum atomic E-state index is 12.5. The maximum Gasteiger partial charge on any atom is 0.415 e. The summed E-state index contributed by atoms with van der Waals surface area (Å²) in [7, 11) is 0. The van der Waals surface area contributed by atoms with E-state index in [1.165, 1.54) is 0 Å². The second kappa shape index (κ2) is 8.63. The molecule has 1 heterocycles. The number of hydrogen-bond donors (Lipinski definition) is 0. The van der Waals surface area contributed by atoms with Gasteiger partial charge in [-0.25, -0.2) is 4.79 Å². The molecule has 1 aliphatic heterocycles. The topological polar surface area (TPSA) is 65.1 Å². The Morgan fingerprint density at radius 3 is 2.56 bits per heavy atom. The molecule has 0 saturated carbocycles. The lowest BCUT2D eigenvalue weighted by molar-refractivity contribution is -0.143. The number of carbonyl (C=O) groups is 2. The predicted molar refractivity (Wildman–Crippen MR) is 104 cm³/mol. The zero-order valence-corrected chi connectivity index (χ0v) is 17.2. The second-order valence-electron chi connectivity index (χ2n) is 8.07. The molecule has 27 heavy (non-hydrogen) atoms. The van der Waals surface area contributed by atoms with Crippen LogP contribution in [0.3, 0.4) is 0 Å². The smallest absolute Gasteiger partial charge is 0.415 e. The fraction of sp³-hybridized carbons (Fsp3) is 0.619. The molecular weight excluding hydrogens is 346 g/mol. The minimum absolute atomic E-state index is 0.0230. The average molecular weight is 377 g/mol. The summed E-state index contributed by atoms with van der Waals surface area (Å²) in [5.74, 6) is 0.720. The van der Waals surface area contributed by atoms with E-state index >= 15 is 0 Å². The number of ether oxygens (including phenoxy) is 3. The summed E-state index contributed by atoms with van der Waals surface area (Å²) >= 11 is 0. The van der Waals surface area contributed by atoms with Crippen molar-refractivity contribution in [3.8, 4) is 5.75 Å². The van der Waals surface area contributed by atoms with Crippen LogP contribution in [0.1, 0.15) is 59.4 Å². The average Bonchev–Trinajstić information content (AvgIpc) is 2.57. The molecule has 0 fully saturated rings. The third-order valence-corrected chi connectivity index (χ3v) is 4.39. The summed E-state index contributed by atoms with van der Waals surface area (Å²) in [5, 5.41) is 0. The Morgan fingerprint density at radius 1 is 1.26 bits per heavy atom. The van der Waals surface area contributed by atoms with Crippen LogP contribution in [0.4, 0.5) is 10.5 Å². The highest BCUT2D eigenvalue weighted by atomic mass is 16.6. The molecule has 1 aromatic rings. The molecule has 2 rings (SSSR count). The van der Waals surface area contributed by atoms with Gasteiger partial charge in [0.1, 0.15) is 18.0 Å². The molecule has 0 radical (unpaired) electrons. The van der Waals surface area contributed by atoms with Crippen molar-refractivity contribution in [2.45, 2.75) is 59.5 Å². The fourth-order valence-corrected chi connectivity index (χ4v) is 3.11. The van der Waals surface area contributed by atoms with Crippen molar-refractivity contribution < 1.29 is 23.8 Å². The first kappa shape index (κ1) is 21.1. The molecule has 1 unspecified atom stereocenters. The van der Waals surface area contributed by atoms with Gasteiger partial charge in [-0.2, -0.15) is 0 Å². The van der Waals surface area contributed by atoms with E-state index in [1.807, 2.05) is 39.0 Å². The highest BCUT2D eigenvalue weighted by Gasteiger charge is 2.29. The van der Waals surface area contributed by atoms with Crippen LogP contribution in [0.2, 0.25) is 0 Å². The fourth-order valence-electron chi connectivity index (χ4n) is 3.11. The molecule has 0 aliphatic carbocycles. The first-order valence-corrected chi connectivity index (χ1v) is 9.55. The van der Waals surface area contributed by atoms with Gasteiger partial charge >= 0.3 is 12.1 Å². The van der Waals surface area contributed by atoms with Crippen LogP contribution in [0.15, 0.2) is 18.2 Å². The van der Waals surface area contributed by atoms with Gasteiger partial charge in [0.15, 0.2) is 0 Å². The molecule has 6 heteroatoms. The summed E-state index contributed by atoms with van der Waals surface area (Å²) in [6.45, 7) is 12.7.